The molecule has 1 fully saturated rings. The predicted molar refractivity (Wildman–Crippen MR) is 92.3 cm³/mol. The molecule has 0 unspecified atom stereocenters. The fourth-order valence-corrected chi connectivity index (χ4v) is 2.68. The molecule has 1 saturated carbocycles. The van der Waals surface area contributed by atoms with Crippen molar-refractivity contribution in [2.24, 2.45) is 0 Å². The molecule has 0 saturated heterocycles. The van der Waals surface area contributed by atoms with Gasteiger partial charge in [-0.2, -0.15) is 0 Å². The minimum Gasteiger partial charge on any atom is -0.335 e. The van der Waals surface area contributed by atoms with Crippen LogP contribution in [0.1, 0.15) is 30.9 Å². The molecule has 24 heavy (non-hydrogen) atoms. The van der Waals surface area contributed by atoms with Gasteiger partial charge in [-0.25, -0.2) is 0 Å². The standard InChI is InChI=1S/C19H21N3O2/c1-14(23)21-17-4-2-15(3-5-17)12-19(24)22(18-6-7-18)13-16-8-10-20-11-9-16/h2-5,8-11,18H,6-7,12-13H2,1H3,(H,21,23). The fraction of sp³-hybridized carbons (Fsp3) is 0.316. The highest BCUT2D eigenvalue weighted by Crippen LogP contribution is 2.29. The van der Waals surface area contributed by atoms with Crippen LogP contribution in [0.25, 0.3) is 0 Å². The Bertz CT molecular complexity index is 709. The van der Waals surface area contributed by atoms with Gasteiger partial charge in [0.25, 0.3) is 0 Å². The second kappa shape index (κ2) is 7.25. The van der Waals surface area contributed by atoms with Crippen molar-refractivity contribution in [3.8, 4) is 0 Å². The molecule has 0 radical (unpaired) electrons. The maximum atomic E-state index is 12.7. The minimum atomic E-state index is -0.101. The van der Waals surface area contributed by atoms with Crippen LogP contribution >= 0.6 is 0 Å². The van der Waals surface area contributed by atoms with Crippen LogP contribution in [0.5, 0.6) is 0 Å². The third-order valence-electron chi connectivity index (χ3n) is 4.04. The second-order valence-electron chi connectivity index (χ2n) is 6.16. The smallest absolute Gasteiger partial charge is 0.227 e. The van der Waals surface area contributed by atoms with E-state index in [1.165, 1.54) is 6.92 Å². The van der Waals surface area contributed by atoms with E-state index in [1.807, 2.05) is 41.3 Å². The Balaban J connectivity index is 1.64. The first-order valence-electron chi connectivity index (χ1n) is 8.17. The number of rotatable bonds is 6. The van der Waals surface area contributed by atoms with Gasteiger partial charge in [0.2, 0.25) is 11.8 Å². The molecular weight excluding hydrogens is 302 g/mol. The lowest BCUT2D eigenvalue weighted by Crippen LogP contribution is -2.33. The summed E-state index contributed by atoms with van der Waals surface area (Å²) in [5.41, 5.74) is 2.80. The zero-order valence-electron chi connectivity index (χ0n) is 13.7. The lowest BCUT2D eigenvalue weighted by atomic mass is 10.1. The number of aromatic nitrogens is 1. The molecule has 1 aromatic carbocycles. The van der Waals surface area contributed by atoms with Crippen molar-refractivity contribution in [3.05, 3.63) is 59.9 Å². The lowest BCUT2D eigenvalue weighted by Gasteiger charge is -2.22. The number of anilines is 1. The molecule has 2 amide bonds. The van der Waals surface area contributed by atoms with E-state index in [9.17, 15) is 9.59 Å². The third kappa shape index (κ3) is 4.41. The molecule has 1 heterocycles. The number of carbonyl (C=O) groups excluding carboxylic acids is 2. The van der Waals surface area contributed by atoms with Gasteiger partial charge in [0.05, 0.1) is 6.42 Å². The van der Waals surface area contributed by atoms with Crippen molar-refractivity contribution in [2.45, 2.75) is 38.8 Å². The Labute approximate surface area is 141 Å². The van der Waals surface area contributed by atoms with Crippen molar-refractivity contribution in [1.29, 1.82) is 0 Å². The highest BCUT2D eigenvalue weighted by Gasteiger charge is 2.32. The number of nitrogens with zero attached hydrogens (tertiary/aromatic N) is 2. The first-order chi connectivity index (χ1) is 11.6. The molecule has 2 aromatic rings. The van der Waals surface area contributed by atoms with Crippen molar-refractivity contribution < 1.29 is 9.59 Å². The Hall–Kier alpha value is -2.69. The van der Waals surface area contributed by atoms with Gasteiger partial charge < -0.3 is 10.2 Å². The maximum Gasteiger partial charge on any atom is 0.227 e. The fourth-order valence-electron chi connectivity index (χ4n) is 2.68. The summed E-state index contributed by atoms with van der Waals surface area (Å²) in [6, 6.07) is 11.7. The third-order valence-corrected chi connectivity index (χ3v) is 4.04. The van der Waals surface area contributed by atoms with E-state index in [0.29, 0.717) is 19.0 Å². The summed E-state index contributed by atoms with van der Waals surface area (Å²) < 4.78 is 0. The molecule has 0 bridgehead atoms. The average molecular weight is 323 g/mol. The maximum absolute atomic E-state index is 12.7. The molecule has 1 aliphatic rings. The minimum absolute atomic E-state index is 0.101. The number of benzene rings is 1. The van der Waals surface area contributed by atoms with E-state index in [-0.39, 0.29) is 11.8 Å². The van der Waals surface area contributed by atoms with Gasteiger partial charge in [-0.15, -0.1) is 0 Å². The van der Waals surface area contributed by atoms with Crippen LogP contribution in [0.3, 0.4) is 0 Å². The molecule has 3 rings (SSSR count). The summed E-state index contributed by atoms with van der Waals surface area (Å²) in [5.74, 6) is 0.0395. The van der Waals surface area contributed by atoms with Crippen LogP contribution in [0.4, 0.5) is 5.69 Å². The zero-order chi connectivity index (χ0) is 16.9. The average Bonchev–Trinajstić information content (AvgIpc) is 3.40. The summed E-state index contributed by atoms with van der Waals surface area (Å²) in [7, 11) is 0. The van der Waals surface area contributed by atoms with E-state index in [4.69, 9.17) is 0 Å². The van der Waals surface area contributed by atoms with Gasteiger partial charge in [0.15, 0.2) is 0 Å². The number of hydrogen-bond acceptors (Lipinski definition) is 3. The van der Waals surface area contributed by atoms with Crippen LogP contribution in [0.2, 0.25) is 0 Å². The van der Waals surface area contributed by atoms with Crippen LogP contribution in [0.15, 0.2) is 48.8 Å². The topological polar surface area (TPSA) is 62.3 Å². The highest BCUT2D eigenvalue weighted by molar-refractivity contribution is 5.88. The second-order valence-corrected chi connectivity index (χ2v) is 6.16. The number of nitrogens with one attached hydrogen (secondary N) is 1. The van der Waals surface area contributed by atoms with E-state index >= 15 is 0 Å². The SMILES string of the molecule is CC(=O)Nc1ccc(CC(=O)N(Cc2ccncc2)C2CC2)cc1. The molecule has 1 aliphatic carbocycles. The molecule has 5 heteroatoms. The largest absolute Gasteiger partial charge is 0.335 e. The first kappa shape index (κ1) is 16.2. The molecule has 5 nitrogen and oxygen atoms in total. The monoisotopic (exact) mass is 323 g/mol. The normalized spacial score (nSPS) is 13.4. The Morgan fingerprint density at radius 3 is 2.33 bits per heavy atom. The summed E-state index contributed by atoms with van der Waals surface area (Å²) in [6.45, 7) is 2.11. The molecule has 0 spiro atoms. The number of hydrogen-bond donors (Lipinski definition) is 1. The van der Waals surface area contributed by atoms with E-state index in [1.54, 1.807) is 12.4 Å². The summed E-state index contributed by atoms with van der Waals surface area (Å²) >= 11 is 0. The van der Waals surface area contributed by atoms with E-state index < -0.39 is 0 Å². The first-order valence-corrected chi connectivity index (χ1v) is 8.17. The molecular formula is C19H21N3O2. The highest BCUT2D eigenvalue weighted by atomic mass is 16.2. The van der Waals surface area contributed by atoms with Crippen molar-refractivity contribution in [2.75, 3.05) is 5.32 Å². The Morgan fingerprint density at radius 2 is 1.75 bits per heavy atom. The quantitative estimate of drug-likeness (QED) is 0.889. The van der Waals surface area contributed by atoms with Gasteiger partial charge in [0, 0.05) is 37.6 Å². The Kier molecular flexibility index (Phi) is 4.89. The number of carbonyl (C=O) groups is 2. The Morgan fingerprint density at radius 1 is 1.08 bits per heavy atom. The van der Waals surface area contributed by atoms with Crippen molar-refractivity contribution >= 4 is 17.5 Å². The zero-order valence-corrected chi connectivity index (χ0v) is 13.7. The molecule has 1 N–H and O–H groups in total. The van der Waals surface area contributed by atoms with Crippen molar-refractivity contribution in [3.63, 3.8) is 0 Å². The van der Waals surface area contributed by atoms with Gasteiger partial charge in [-0.1, -0.05) is 12.1 Å². The molecule has 0 aliphatic heterocycles. The van der Waals surface area contributed by atoms with Crippen LogP contribution < -0.4 is 5.32 Å². The molecule has 0 atom stereocenters. The lowest BCUT2D eigenvalue weighted by molar-refractivity contribution is -0.131. The predicted octanol–water partition coefficient (Wildman–Crippen LogP) is 2.77. The van der Waals surface area contributed by atoms with Crippen molar-refractivity contribution in [1.82, 2.24) is 9.88 Å². The van der Waals surface area contributed by atoms with Crippen LogP contribution in [0, 0.1) is 0 Å². The summed E-state index contributed by atoms with van der Waals surface area (Å²) in [4.78, 5) is 29.7. The van der Waals surface area contributed by atoms with Gasteiger partial charge in [-0.3, -0.25) is 14.6 Å². The number of pyridine rings is 1. The van der Waals surface area contributed by atoms with E-state index in [0.717, 1.165) is 29.7 Å². The van der Waals surface area contributed by atoms with Crippen LogP contribution in [-0.4, -0.2) is 27.7 Å². The summed E-state index contributed by atoms with van der Waals surface area (Å²) in [5, 5.41) is 2.73. The van der Waals surface area contributed by atoms with Crippen LogP contribution in [-0.2, 0) is 22.6 Å². The van der Waals surface area contributed by atoms with Gasteiger partial charge in [-0.05, 0) is 48.2 Å². The molecule has 124 valence electrons. The molecule has 1 aromatic heterocycles. The van der Waals surface area contributed by atoms with E-state index in [2.05, 4.69) is 10.3 Å². The summed E-state index contributed by atoms with van der Waals surface area (Å²) in [6.07, 6.45) is 6.05. The number of amides is 2. The van der Waals surface area contributed by atoms with Gasteiger partial charge >= 0.3 is 0 Å². The van der Waals surface area contributed by atoms with Gasteiger partial charge in [0.1, 0.15) is 0 Å².